The summed E-state index contributed by atoms with van der Waals surface area (Å²) < 4.78 is 3.29. The molecule has 9 nitrogen and oxygen atoms in total. The van der Waals surface area contributed by atoms with E-state index in [1.165, 1.54) is 4.52 Å². The highest BCUT2D eigenvalue weighted by molar-refractivity contribution is 6.01. The van der Waals surface area contributed by atoms with E-state index in [0.29, 0.717) is 17.3 Å². The fourth-order valence-electron chi connectivity index (χ4n) is 2.20. The molecule has 0 saturated carbocycles. The Labute approximate surface area is 136 Å². The van der Waals surface area contributed by atoms with Crippen LogP contribution in [0.4, 0.5) is 5.69 Å². The van der Waals surface area contributed by atoms with Gasteiger partial charge in [-0.2, -0.15) is 4.98 Å². The summed E-state index contributed by atoms with van der Waals surface area (Å²) in [5.74, 6) is 0.720. The summed E-state index contributed by atoms with van der Waals surface area (Å²) in [5, 5.41) is 6.88. The van der Waals surface area contributed by atoms with Crippen molar-refractivity contribution in [3.05, 3.63) is 60.8 Å². The molecule has 4 heterocycles. The molecule has 1 N–H and O–H groups in total. The molecule has 4 rings (SSSR count). The highest BCUT2D eigenvalue weighted by Gasteiger charge is 2.14. The van der Waals surface area contributed by atoms with Crippen LogP contribution in [0.15, 0.2) is 49.3 Å². The van der Waals surface area contributed by atoms with Crippen LogP contribution in [-0.4, -0.2) is 40.0 Å². The lowest BCUT2D eigenvalue weighted by molar-refractivity contribution is 0.101. The monoisotopic (exact) mass is 320 g/mol. The molecular formula is C15H12N8O. The van der Waals surface area contributed by atoms with Gasteiger partial charge in [0.25, 0.3) is 11.7 Å². The fraction of sp³-hybridized carbons (Fsp3) is 0.0667. The van der Waals surface area contributed by atoms with Gasteiger partial charge in [-0.3, -0.25) is 9.36 Å². The number of aryl methyl sites for hydroxylation is 1. The van der Waals surface area contributed by atoms with Crippen LogP contribution in [0.3, 0.4) is 0 Å². The number of nitrogens with zero attached hydrogens (tertiary/aromatic N) is 7. The molecule has 4 aromatic heterocycles. The molecule has 0 spiro atoms. The second-order valence-electron chi connectivity index (χ2n) is 5.06. The van der Waals surface area contributed by atoms with Gasteiger partial charge in [-0.1, -0.05) is 0 Å². The second-order valence-corrected chi connectivity index (χ2v) is 5.06. The van der Waals surface area contributed by atoms with Gasteiger partial charge in [0.2, 0.25) is 5.82 Å². The van der Waals surface area contributed by atoms with Gasteiger partial charge in [-0.25, -0.2) is 19.5 Å². The molecule has 0 aliphatic carbocycles. The molecule has 0 bridgehead atoms. The minimum atomic E-state index is -0.419. The van der Waals surface area contributed by atoms with Crippen molar-refractivity contribution in [2.45, 2.75) is 6.92 Å². The van der Waals surface area contributed by atoms with Gasteiger partial charge in [0.05, 0.1) is 11.9 Å². The van der Waals surface area contributed by atoms with Crippen LogP contribution in [-0.2, 0) is 0 Å². The number of hydrogen-bond acceptors (Lipinski definition) is 6. The molecular weight excluding hydrogens is 308 g/mol. The number of amides is 1. The number of rotatable bonds is 3. The average Bonchev–Trinajstić information content (AvgIpc) is 3.26. The number of hydrogen-bond donors (Lipinski definition) is 1. The van der Waals surface area contributed by atoms with Gasteiger partial charge in [0.1, 0.15) is 12.1 Å². The Morgan fingerprint density at radius 1 is 1.17 bits per heavy atom. The number of anilines is 1. The van der Waals surface area contributed by atoms with E-state index >= 15 is 0 Å². The lowest BCUT2D eigenvalue weighted by Gasteiger charge is -2.04. The zero-order valence-corrected chi connectivity index (χ0v) is 12.7. The quantitative estimate of drug-likeness (QED) is 0.609. The Balaban J connectivity index is 1.55. The molecule has 0 aliphatic heterocycles. The Hall–Kier alpha value is -3.62. The first kappa shape index (κ1) is 14.0. The number of carbonyl (C=O) groups is 1. The molecule has 0 aliphatic rings. The molecule has 0 fully saturated rings. The molecule has 24 heavy (non-hydrogen) atoms. The summed E-state index contributed by atoms with van der Waals surface area (Å²) in [6.45, 7) is 1.86. The number of aromatic nitrogens is 7. The van der Waals surface area contributed by atoms with Gasteiger partial charge in [-0.15, -0.1) is 5.10 Å². The Bertz CT molecular complexity index is 1000. The molecule has 9 heteroatoms. The van der Waals surface area contributed by atoms with Crippen molar-refractivity contribution in [2.75, 3.05) is 5.32 Å². The van der Waals surface area contributed by atoms with Crippen molar-refractivity contribution in [3.63, 3.8) is 0 Å². The predicted molar refractivity (Wildman–Crippen MR) is 84.8 cm³/mol. The van der Waals surface area contributed by atoms with E-state index in [1.807, 2.05) is 6.92 Å². The van der Waals surface area contributed by atoms with Crippen LogP contribution in [0.2, 0.25) is 0 Å². The van der Waals surface area contributed by atoms with E-state index in [9.17, 15) is 4.79 Å². The van der Waals surface area contributed by atoms with Crippen LogP contribution >= 0.6 is 0 Å². The third-order valence-electron chi connectivity index (χ3n) is 3.41. The van der Waals surface area contributed by atoms with Crippen molar-refractivity contribution < 1.29 is 4.79 Å². The first-order valence-corrected chi connectivity index (χ1v) is 7.15. The number of nitrogens with one attached hydrogen (secondary N) is 1. The standard InChI is InChI=1S/C15H12N8O/c1-10-4-5-17-15-20-13(21-23(10)15)14(24)19-11-2-3-12(18-8-11)22-7-6-16-9-22/h2-9H,1H3,(H,19,24). The van der Waals surface area contributed by atoms with Crippen LogP contribution in [0.25, 0.3) is 11.6 Å². The normalized spacial score (nSPS) is 10.9. The van der Waals surface area contributed by atoms with E-state index in [1.54, 1.807) is 53.9 Å². The van der Waals surface area contributed by atoms with Gasteiger partial charge < -0.3 is 5.32 Å². The maximum Gasteiger partial charge on any atom is 0.295 e. The summed E-state index contributed by atoms with van der Waals surface area (Å²) in [7, 11) is 0. The summed E-state index contributed by atoms with van der Waals surface area (Å²) in [4.78, 5) is 28.7. The third-order valence-corrected chi connectivity index (χ3v) is 3.41. The van der Waals surface area contributed by atoms with E-state index in [0.717, 1.165) is 5.69 Å². The first-order chi connectivity index (χ1) is 11.7. The topological polar surface area (TPSA) is 103 Å². The second kappa shape index (κ2) is 5.54. The van der Waals surface area contributed by atoms with Gasteiger partial charge >= 0.3 is 0 Å². The summed E-state index contributed by atoms with van der Waals surface area (Å²) in [6.07, 6.45) is 8.29. The van der Waals surface area contributed by atoms with E-state index in [4.69, 9.17) is 0 Å². The van der Waals surface area contributed by atoms with E-state index in [2.05, 4.69) is 30.4 Å². The van der Waals surface area contributed by atoms with Crippen molar-refractivity contribution in [1.82, 2.24) is 34.1 Å². The summed E-state index contributed by atoms with van der Waals surface area (Å²) >= 11 is 0. The molecule has 1 amide bonds. The van der Waals surface area contributed by atoms with Crippen LogP contribution < -0.4 is 5.32 Å². The maximum atomic E-state index is 12.3. The molecule has 0 radical (unpaired) electrons. The van der Waals surface area contributed by atoms with E-state index in [-0.39, 0.29) is 5.82 Å². The van der Waals surface area contributed by atoms with E-state index < -0.39 is 5.91 Å². The van der Waals surface area contributed by atoms with Crippen molar-refractivity contribution in [3.8, 4) is 5.82 Å². The van der Waals surface area contributed by atoms with Gasteiger partial charge in [-0.05, 0) is 25.1 Å². The third kappa shape index (κ3) is 2.47. The lowest BCUT2D eigenvalue weighted by atomic mass is 10.4. The molecule has 118 valence electrons. The fourth-order valence-corrected chi connectivity index (χ4v) is 2.20. The smallest absolute Gasteiger partial charge is 0.295 e. The number of pyridine rings is 1. The SMILES string of the molecule is Cc1ccnc2nc(C(=O)Nc3ccc(-n4ccnc4)nc3)nn12. The minimum Gasteiger partial charge on any atom is -0.318 e. The molecule has 0 saturated heterocycles. The Morgan fingerprint density at radius 3 is 2.79 bits per heavy atom. The molecule has 0 atom stereocenters. The molecule has 0 aromatic carbocycles. The first-order valence-electron chi connectivity index (χ1n) is 7.15. The summed E-state index contributed by atoms with van der Waals surface area (Å²) in [5.41, 5.74) is 1.39. The average molecular weight is 320 g/mol. The van der Waals surface area contributed by atoms with Gasteiger partial charge in [0, 0.05) is 24.3 Å². The minimum absolute atomic E-state index is 0.0514. The van der Waals surface area contributed by atoms with Crippen LogP contribution in [0, 0.1) is 6.92 Å². The zero-order chi connectivity index (χ0) is 16.5. The Morgan fingerprint density at radius 2 is 2.08 bits per heavy atom. The van der Waals surface area contributed by atoms with Crippen molar-refractivity contribution in [1.29, 1.82) is 0 Å². The maximum absolute atomic E-state index is 12.3. The summed E-state index contributed by atoms with van der Waals surface area (Å²) in [6, 6.07) is 5.32. The highest BCUT2D eigenvalue weighted by atomic mass is 16.2. The number of carbonyl (C=O) groups excluding carboxylic acids is 1. The molecule has 4 aromatic rings. The largest absolute Gasteiger partial charge is 0.318 e. The number of imidazole rings is 1. The number of fused-ring (bicyclic) bond motifs is 1. The lowest BCUT2D eigenvalue weighted by Crippen LogP contribution is -2.14. The predicted octanol–water partition coefficient (Wildman–Crippen LogP) is 1.27. The molecule has 0 unspecified atom stereocenters. The zero-order valence-electron chi connectivity index (χ0n) is 12.7. The highest BCUT2D eigenvalue weighted by Crippen LogP contribution is 2.11. The van der Waals surface area contributed by atoms with Gasteiger partial charge in [0.15, 0.2) is 0 Å². The van der Waals surface area contributed by atoms with Crippen molar-refractivity contribution >= 4 is 17.4 Å². The van der Waals surface area contributed by atoms with Crippen LogP contribution in [0.1, 0.15) is 16.3 Å². The van der Waals surface area contributed by atoms with Crippen LogP contribution in [0.5, 0.6) is 0 Å². The van der Waals surface area contributed by atoms with Crippen molar-refractivity contribution in [2.24, 2.45) is 0 Å². The Kier molecular flexibility index (Phi) is 3.23.